The van der Waals surface area contributed by atoms with Gasteiger partial charge in [0, 0.05) is 10.8 Å². The van der Waals surface area contributed by atoms with E-state index in [9.17, 15) is 19.1 Å². The van der Waals surface area contributed by atoms with E-state index < -0.39 is 18.3 Å². The smallest absolute Gasteiger partial charge is 0.323 e. The summed E-state index contributed by atoms with van der Waals surface area (Å²) in [6.07, 6.45) is 0. The first kappa shape index (κ1) is 18.5. The van der Waals surface area contributed by atoms with Crippen molar-refractivity contribution >= 4 is 51.0 Å². The number of benzene rings is 3. The number of aliphatic carboxylic acids is 1. The van der Waals surface area contributed by atoms with Crippen LogP contribution in [0.25, 0.3) is 32.9 Å². The highest BCUT2D eigenvalue weighted by atomic mass is 35.5. The molecule has 0 spiro atoms. The largest absolute Gasteiger partial charge is 0.480 e. The van der Waals surface area contributed by atoms with Crippen molar-refractivity contribution in [3.8, 4) is 11.1 Å². The summed E-state index contributed by atoms with van der Waals surface area (Å²) in [6.45, 7) is -0.417. The Morgan fingerprint density at radius 2 is 1.71 bits per heavy atom. The summed E-state index contributed by atoms with van der Waals surface area (Å²) in [5, 5.41) is 10.4. The minimum Gasteiger partial charge on any atom is -0.480 e. The minimum absolute atomic E-state index is 0.107. The van der Waals surface area contributed by atoms with Gasteiger partial charge in [0.05, 0.1) is 21.1 Å². The maximum absolute atomic E-state index is 13.6. The van der Waals surface area contributed by atoms with Gasteiger partial charge in [-0.1, -0.05) is 41.4 Å². The number of rotatable bonds is 3. The lowest BCUT2D eigenvalue weighted by Crippen LogP contribution is -2.16. The molecule has 7 heteroatoms. The molecule has 4 nitrogen and oxygen atoms in total. The topological polar surface area (TPSA) is 59.3 Å². The monoisotopic (exact) mass is 415 g/mol. The second-order valence-corrected chi connectivity index (χ2v) is 7.09. The van der Waals surface area contributed by atoms with Crippen LogP contribution in [0.3, 0.4) is 0 Å². The number of hydrogen-bond donors (Lipinski definition) is 1. The molecule has 0 saturated carbocycles. The van der Waals surface area contributed by atoms with Gasteiger partial charge in [0.15, 0.2) is 5.43 Å². The van der Waals surface area contributed by atoms with E-state index in [1.165, 1.54) is 28.8 Å². The first-order valence-corrected chi connectivity index (χ1v) is 9.04. The van der Waals surface area contributed by atoms with Gasteiger partial charge >= 0.3 is 5.97 Å². The number of carbonyl (C=O) groups is 1. The molecular formula is C21H12Cl2FNO3. The summed E-state index contributed by atoms with van der Waals surface area (Å²) in [6, 6.07) is 14.0. The number of fused-ring (bicyclic) bond motifs is 2. The summed E-state index contributed by atoms with van der Waals surface area (Å²) in [5.74, 6) is -1.49. The third-order valence-electron chi connectivity index (χ3n) is 4.57. The molecule has 0 saturated heterocycles. The first-order valence-electron chi connectivity index (χ1n) is 8.29. The quantitative estimate of drug-likeness (QED) is 0.458. The normalized spacial score (nSPS) is 11.2. The van der Waals surface area contributed by atoms with Gasteiger partial charge in [-0.2, -0.15) is 0 Å². The van der Waals surface area contributed by atoms with E-state index in [-0.39, 0.29) is 26.4 Å². The van der Waals surface area contributed by atoms with Crippen molar-refractivity contribution in [2.24, 2.45) is 0 Å². The Hall–Kier alpha value is -2.89. The fourth-order valence-corrected chi connectivity index (χ4v) is 3.77. The Morgan fingerprint density at radius 3 is 2.43 bits per heavy atom. The molecule has 0 amide bonds. The molecule has 0 atom stereocenters. The van der Waals surface area contributed by atoms with Crippen molar-refractivity contribution in [3.05, 3.63) is 80.7 Å². The van der Waals surface area contributed by atoms with Crippen LogP contribution in [0.2, 0.25) is 10.0 Å². The predicted octanol–water partition coefficient (Wildman–Crippen LogP) is 5.35. The summed E-state index contributed by atoms with van der Waals surface area (Å²) in [7, 11) is 0. The van der Waals surface area contributed by atoms with Crippen molar-refractivity contribution in [3.63, 3.8) is 0 Å². The van der Waals surface area contributed by atoms with Crippen molar-refractivity contribution in [2.45, 2.75) is 6.54 Å². The zero-order valence-electron chi connectivity index (χ0n) is 14.2. The lowest BCUT2D eigenvalue weighted by Gasteiger charge is -2.16. The number of carboxylic acid groups (broad SMARTS) is 1. The Morgan fingerprint density at radius 1 is 1.00 bits per heavy atom. The van der Waals surface area contributed by atoms with Gasteiger partial charge in [-0.3, -0.25) is 9.59 Å². The van der Waals surface area contributed by atoms with Gasteiger partial charge in [0.25, 0.3) is 0 Å². The van der Waals surface area contributed by atoms with Gasteiger partial charge in [-0.25, -0.2) is 4.39 Å². The summed E-state index contributed by atoms with van der Waals surface area (Å²) >= 11 is 12.4. The minimum atomic E-state index is -1.10. The van der Waals surface area contributed by atoms with Crippen LogP contribution in [-0.2, 0) is 11.3 Å². The molecule has 0 bridgehead atoms. The molecule has 0 aliphatic heterocycles. The molecule has 3 aromatic carbocycles. The number of carboxylic acids is 1. The third kappa shape index (κ3) is 3.03. The highest BCUT2D eigenvalue weighted by molar-refractivity contribution is 6.45. The molecule has 4 aromatic rings. The van der Waals surface area contributed by atoms with Gasteiger partial charge in [0.1, 0.15) is 12.4 Å². The SMILES string of the molecule is O=C(O)Cn1c2cc(-c3cccc(F)c3)ccc2c(=O)c2ccc(Cl)c(Cl)c21. The predicted molar refractivity (Wildman–Crippen MR) is 109 cm³/mol. The Kier molecular flexibility index (Phi) is 4.57. The van der Waals surface area contributed by atoms with Crippen LogP contribution in [0.15, 0.2) is 59.4 Å². The summed E-state index contributed by atoms with van der Waals surface area (Å²) < 4.78 is 15.1. The van der Waals surface area contributed by atoms with Crippen LogP contribution in [0, 0.1) is 5.82 Å². The van der Waals surface area contributed by atoms with E-state index in [0.717, 1.165) is 0 Å². The van der Waals surface area contributed by atoms with Crippen molar-refractivity contribution < 1.29 is 14.3 Å². The van der Waals surface area contributed by atoms with Crippen LogP contribution >= 0.6 is 23.2 Å². The van der Waals surface area contributed by atoms with E-state index >= 15 is 0 Å². The second-order valence-electron chi connectivity index (χ2n) is 6.31. The molecule has 4 rings (SSSR count). The van der Waals surface area contributed by atoms with Crippen LogP contribution in [0.5, 0.6) is 0 Å². The Bertz CT molecular complexity index is 1330. The van der Waals surface area contributed by atoms with E-state index in [0.29, 0.717) is 22.0 Å². The van der Waals surface area contributed by atoms with Gasteiger partial charge < -0.3 is 9.67 Å². The maximum atomic E-state index is 13.6. The van der Waals surface area contributed by atoms with Gasteiger partial charge in [-0.05, 0) is 47.5 Å². The molecule has 140 valence electrons. The molecule has 1 aromatic heterocycles. The number of pyridine rings is 1. The lowest BCUT2D eigenvalue weighted by atomic mass is 10.0. The molecule has 0 aliphatic rings. The molecule has 0 radical (unpaired) electrons. The molecule has 0 unspecified atom stereocenters. The molecule has 28 heavy (non-hydrogen) atoms. The lowest BCUT2D eigenvalue weighted by molar-refractivity contribution is -0.137. The van der Waals surface area contributed by atoms with E-state index in [2.05, 4.69) is 0 Å². The van der Waals surface area contributed by atoms with Crippen molar-refractivity contribution in [2.75, 3.05) is 0 Å². The van der Waals surface area contributed by atoms with Gasteiger partial charge in [0.2, 0.25) is 0 Å². The molecule has 0 fully saturated rings. The van der Waals surface area contributed by atoms with Crippen LogP contribution in [0.4, 0.5) is 4.39 Å². The number of hydrogen-bond acceptors (Lipinski definition) is 2. The number of halogens is 3. The number of aromatic nitrogens is 1. The van der Waals surface area contributed by atoms with Gasteiger partial charge in [-0.15, -0.1) is 0 Å². The molecular weight excluding hydrogens is 404 g/mol. The Balaban J connectivity index is 2.15. The number of nitrogens with zero attached hydrogens (tertiary/aromatic N) is 1. The van der Waals surface area contributed by atoms with Crippen LogP contribution in [0.1, 0.15) is 0 Å². The Labute approximate surface area is 168 Å². The average molecular weight is 416 g/mol. The van der Waals surface area contributed by atoms with Crippen molar-refractivity contribution in [1.82, 2.24) is 4.57 Å². The van der Waals surface area contributed by atoms with E-state index in [1.807, 2.05) is 0 Å². The summed E-state index contributed by atoms with van der Waals surface area (Å²) in [4.78, 5) is 24.5. The third-order valence-corrected chi connectivity index (χ3v) is 5.36. The van der Waals surface area contributed by atoms with Crippen molar-refractivity contribution in [1.29, 1.82) is 0 Å². The highest BCUT2D eigenvalue weighted by Crippen LogP contribution is 2.33. The van der Waals surface area contributed by atoms with E-state index in [4.69, 9.17) is 23.2 Å². The first-order chi connectivity index (χ1) is 13.4. The van der Waals surface area contributed by atoms with E-state index in [1.54, 1.807) is 30.3 Å². The maximum Gasteiger partial charge on any atom is 0.323 e. The zero-order chi connectivity index (χ0) is 20.0. The molecule has 1 N–H and O–H groups in total. The fourth-order valence-electron chi connectivity index (χ4n) is 3.35. The average Bonchev–Trinajstić information content (AvgIpc) is 2.67. The second kappa shape index (κ2) is 6.93. The standard InChI is InChI=1S/C21H12Cl2FNO3/c22-16-7-6-15-20(19(16)23)25(10-18(26)27)17-9-12(4-5-14(17)21(15)28)11-2-1-3-13(24)8-11/h1-9H,10H2,(H,26,27). The zero-order valence-corrected chi connectivity index (χ0v) is 15.8. The highest BCUT2D eigenvalue weighted by Gasteiger charge is 2.17. The summed E-state index contributed by atoms with van der Waals surface area (Å²) in [5.41, 5.74) is 1.60. The molecule has 1 heterocycles. The van der Waals surface area contributed by atoms with Crippen LogP contribution in [-0.4, -0.2) is 15.6 Å². The van der Waals surface area contributed by atoms with Crippen LogP contribution < -0.4 is 5.43 Å². The molecule has 0 aliphatic carbocycles. The fraction of sp³-hybridized carbons (Fsp3) is 0.0476.